The molecule has 4 heteroatoms. The van der Waals surface area contributed by atoms with Gasteiger partial charge < -0.3 is 10.8 Å². The van der Waals surface area contributed by atoms with Crippen molar-refractivity contribution in [2.45, 2.75) is 31.3 Å². The lowest BCUT2D eigenvalue weighted by Gasteiger charge is -2.40. The molecule has 0 bridgehead atoms. The molecule has 1 aromatic carbocycles. The van der Waals surface area contributed by atoms with Gasteiger partial charge in [-0.05, 0) is 37.1 Å². The van der Waals surface area contributed by atoms with Gasteiger partial charge in [0.1, 0.15) is 5.82 Å². The van der Waals surface area contributed by atoms with E-state index < -0.39 is 0 Å². The van der Waals surface area contributed by atoms with E-state index in [2.05, 4.69) is 4.90 Å². The molecule has 2 unspecified atom stereocenters. The number of piperidine rings is 1. The Morgan fingerprint density at radius 2 is 2.06 bits per heavy atom. The van der Waals surface area contributed by atoms with Crippen LogP contribution >= 0.6 is 0 Å². The van der Waals surface area contributed by atoms with Crippen LogP contribution in [0.5, 0.6) is 0 Å². The van der Waals surface area contributed by atoms with Crippen LogP contribution in [0.4, 0.5) is 4.39 Å². The first kappa shape index (κ1) is 13.5. The lowest BCUT2D eigenvalue weighted by Crippen LogP contribution is -2.46. The molecule has 0 aliphatic carbocycles. The second-order valence-corrected chi connectivity index (χ2v) is 4.87. The first-order chi connectivity index (χ1) is 8.76. The Morgan fingerprint density at radius 1 is 1.33 bits per heavy atom. The number of nitrogens with zero attached hydrogens (tertiary/aromatic N) is 1. The second kappa shape index (κ2) is 6.27. The molecule has 1 fully saturated rings. The van der Waals surface area contributed by atoms with Gasteiger partial charge in [-0.25, -0.2) is 4.39 Å². The number of halogens is 1. The van der Waals surface area contributed by atoms with Crippen molar-refractivity contribution in [3.63, 3.8) is 0 Å². The van der Waals surface area contributed by atoms with Crippen molar-refractivity contribution in [2.75, 3.05) is 19.7 Å². The normalized spacial score (nSPS) is 22.9. The van der Waals surface area contributed by atoms with Crippen LogP contribution in [-0.2, 0) is 0 Å². The highest BCUT2D eigenvalue weighted by molar-refractivity contribution is 5.20. The molecule has 2 atom stereocenters. The van der Waals surface area contributed by atoms with E-state index in [4.69, 9.17) is 5.73 Å². The molecule has 0 saturated carbocycles. The van der Waals surface area contributed by atoms with Gasteiger partial charge in [-0.1, -0.05) is 18.6 Å². The van der Waals surface area contributed by atoms with E-state index in [1.165, 1.54) is 12.1 Å². The average Bonchev–Trinajstić information content (AvgIpc) is 2.42. The zero-order valence-electron chi connectivity index (χ0n) is 10.6. The molecule has 100 valence electrons. The molecule has 0 radical (unpaired) electrons. The zero-order chi connectivity index (χ0) is 13.0. The number of hydrogen-bond acceptors (Lipinski definition) is 3. The van der Waals surface area contributed by atoms with Crippen molar-refractivity contribution in [2.24, 2.45) is 5.73 Å². The summed E-state index contributed by atoms with van der Waals surface area (Å²) in [5.74, 6) is -0.230. The van der Waals surface area contributed by atoms with Crippen molar-refractivity contribution in [1.82, 2.24) is 4.90 Å². The number of aliphatic hydroxyl groups excluding tert-OH is 1. The summed E-state index contributed by atoms with van der Waals surface area (Å²) in [5, 5.41) is 9.45. The van der Waals surface area contributed by atoms with Crippen LogP contribution in [0.15, 0.2) is 24.3 Å². The van der Waals surface area contributed by atoms with Crippen LogP contribution in [0.1, 0.15) is 30.9 Å². The molecule has 1 aliphatic heterocycles. The van der Waals surface area contributed by atoms with Crippen LogP contribution in [0.25, 0.3) is 0 Å². The van der Waals surface area contributed by atoms with E-state index in [-0.39, 0.29) is 24.5 Å². The largest absolute Gasteiger partial charge is 0.395 e. The van der Waals surface area contributed by atoms with Gasteiger partial charge in [0.05, 0.1) is 6.61 Å². The minimum absolute atomic E-state index is 0.0723. The summed E-state index contributed by atoms with van der Waals surface area (Å²) in [6.07, 6.45) is 3.30. The predicted molar refractivity (Wildman–Crippen MR) is 69.6 cm³/mol. The smallest absolute Gasteiger partial charge is 0.123 e. The lowest BCUT2D eigenvalue weighted by atomic mass is 9.96. The third kappa shape index (κ3) is 2.88. The highest BCUT2D eigenvalue weighted by Gasteiger charge is 2.28. The van der Waals surface area contributed by atoms with Gasteiger partial charge in [0.15, 0.2) is 0 Å². The third-order valence-corrected chi connectivity index (χ3v) is 3.76. The lowest BCUT2D eigenvalue weighted by molar-refractivity contribution is 0.0552. The fourth-order valence-electron chi connectivity index (χ4n) is 2.78. The molecular formula is C14H21FN2O. The van der Waals surface area contributed by atoms with Crippen molar-refractivity contribution in [1.29, 1.82) is 0 Å². The molecule has 0 aromatic heterocycles. The maximum Gasteiger partial charge on any atom is 0.123 e. The van der Waals surface area contributed by atoms with Crippen molar-refractivity contribution >= 4 is 0 Å². The number of aliphatic hydroxyl groups is 1. The molecule has 0 amide bonds. The quantitative estimate of drug-likeness (QED) is 0.857. The molecular weight excluding hydrogens is 231 g/mol. The maximum absolute atomic E-state index is 13.0. The maximum atomic E-state index is 13.0. The highest BCUT2D eigenvalue weighted by atomic mass is 19.1. The third-order valence-electron chi connectivity index (χ3n) is 3.76. The zero-order valence-corrected chi connectivity index (χ0v) is 10.6. The SMILES string of the molecule is NCC(c1ccc(F)cc1)N1CCCCC1CO. The van der Waals surface area contributed by atoms with E-state index in [0.29, 0.717) is 6.54 Å². The van der Waals surface area contributed by atoms with E-state index >= 15 is 0 Å². The van der Waals surface area contributed by atoms with Gasteiger partial charge in [-0.2, -0.15) is 0 Å². The summed E-state index contributed by atoms with van der Waals surface area (Å²) in [6.45, 7) is 1.60. The molecule has 1 aromatic rings. The van der Waals surface area contributed by atoms with E-state index in [9.17, 15) is 9.50 Å². The highest BCUT2D eigenvalue weighted by Crippen LogP contribution is 2.27. The van der Waals surface area contributed by atoms with Crippen LogP contribution in [-0.4, -0.2) is 35.7 Å². The summed E-state index contributed by atoms with van der Waals surface area (Å²) in [5.41, 5.74) is 6.90. The second-order valence-electron chi connectivity index (χ2n) is 4.87. The van der Waals surface area contributed by atoms with E-state index in [1.807, 2.05) is 0 Å². The number of hydrogen-bond donors (Lipinski definition) is 2. The Kier molecular flexibility index (Phi) is 4.69. The Hall–Kier alpha value is -0.970. The summed E-state index contributed by atoms with van der Waals surface area (Å²) in [7, 11) is 0. The molecule has 3 N–H and O–H groups in total. The first-order valence-electron chi connectivity index (χ1n) is 6.58. The number of nitrogens with two attached hydrogens (primary N) is 1. The van der Waals surface area contributed by atoms with Crippen molar-refractivity contribution < 1.29 is 9.50 Å². The van der Waals surface area contributed by atoms with Crippen LogP contribution in [0, 0.1) is 5.82 Å². The Bertz CT molecular complexity index is 369. The molecule has 1 aliphatic rings. The Balaban J connectivity index is 2.18. The number of rotatable bonds is 4. The topological polar surface area (TPSA) is 49.5 Å². The molecule has 0 spiro atoms. The number of benzene rings is 1. The summed E-state index contributed by atoms with van der Waals surface area (Å²) in [6, 6.07) is 6.76. The predicted octanol–water partition coefficient (Wildman–Crippen LogP) is 1.67. The molecule has 2 rings (SSSR count). The standard InChI is InChI=1S/C14H21FN2O/c15-12-6-4-11(5-7-12)14(9-16)17-8-2-1-3-13(17)10-18/h4-7,13-14,18H,1-3,8-10,16H2. The minimum Gasteiger partial charge on any atom is -0.395 e. The van der Waals surface area contributed by atoms with Crippen LogP contribution in [0.2, 0.25) is 0 Å². The van der Waals surface area contributed by atoms with Gasteiger partial charge in [0.2, 0.25) is 0 Å². The van der Waals surface area contributed by atoms with Crippen molar-refractivity contribution in [3.8, 4) is 0 Å². The van der Waals surface area contributed by atoms with Crippen LogP contribution < -0.4 is 5.73 Å². The first-order valence-corrected chi connectivity index (χ1v) is 6.58. The minimum atomic E-state index is -0.230. The van der Waals surface area contributed by atoms with Crippen molar-refractivity contribution in [3.05, 3.63) is 35.6 Å². The van der Waals surface area contributed by atoms with Gasteiger partial charge in [-0.15, -0.1) is 0 Å². The summed E-state index contributed by atoms with van der Waals surface area (Å²) >= 11 is 0. The van der Waals surface area contributed by atoms with Gasteiger partial charge in [0.25, 0.3) is 0 Å². The van der Waals surface area contributed by atoms with Gasteiger partial charge in [-0.3, -0.25) is 4.90 Å². The van der Waals surface area contributed by atoms with Crippen LogP contribution in [0.3, 0.4) is 0 Å². The molecule has 18 heavy (non-hydrogen) atoms. The van der Waals surface area contributed by atoms with Gasteiger partial charge >= 0.3 is 0 Å². The molecule has 1 saturated heterocycles. The van der Waals surface area contributed by atoms with E-state index in [1.54, 1.807) is 12.1 Å². The fourth-order valence-corrected chi connectivity index (χ4v) is 2.78. The van der Waals surface area contributed by atoms with E-state index in [0.717, 1.165) is 31.4 Å². The summed E-state index contributed by atoms with van der Waals surface area (Å²) < 4.78 is 13.0. The summed E-state index contributed by atoms with van der Waals surface area (Å²) in [4.78, 5) is 2.26. The monoisotopic (exact) mass is 252 g/mol. The molecule has 1 heterocycles. The Morgan fingerprint density at radius 3 is 2.67 bits per heavy atom. The fraction of sp³-hybridized carbons (Fsp3) is 0.571. The number of likely N-dealkylation sites (tertiary alicyclic amines) is 1. The van der Waals surface area contributed by atoms with Gasteiger partial charge in [0, 0.05) is 18.6 Å². The average molecular weight is 252 g/mol. The Labute approximate surface area is 107 Å². The molecule has 3 nitrogen and oxygen atoms in total.